The summed E-state index contributed by atoms with van der Waals surface area (Å²) in [6, 6.07) is 7.96. The molecule has 0 saturated carbocycles. The van der Waals surface area contributed by atoms with Gasteiger partial charge in [0, 0.05) is 18.5 Å². The van der Waals surface area contributed by atoms with Gasteiger partial charge in [-0.25, -0.2) is 9.59 Å². The fourth-order valence-electron chi connectivity index (χ4n) is 4.26. The van der Waals surface area contributed by atoms with Crippen LogP contribution in [0.1, 0.15) is 31.2 Å². The molecule has 2 aliphatic rings. The SMILES string of the molecule is Cc1ccc(OC2CC3CCC(/C(=C\C(=O)O)C(=O)O)(C2)N3C)cc1. The van der Waals surface area contributed by atoms with E-state index >= 15 is 0 Å². The summed E-state index contributed by atoms with van der Waals surface area (Å²) in [5.74, 6) is -1.65. The van der Waals surface area contributed by atoms with Crippen LogP contribution in [0.4, 0.5) is 0 Å². The molecule has 3 rings (SSSR count). The Morgan fingerprint density at radius 3 is 2.56 bits per heavy atom. The lowest BCUT2D eigenvalue weighted by Crippen LogP contribution is -2.55. The van der Waals surface area contributed by atoms with Crippen molar-refractivity contribution in [2.75, 3.05) is 7.05 Å². The van der Waals surface area contributed by atoms with Gasteiger partial charge in [0.1, 0.15) is 11.9 Å². The van der Waals surface area contributed by atoms with Crippen molar-refractivity contribution in [3.63, 3.8) is 0 Å². The highest BCUT2D eigenvalue weighted by atomic mass is 16.5. The topological polar surface area (TPSA) is 87.1 Å². The predicted octanol–water partition coefficient (Wildman–Crippen LogP) is 2.46. The van der Waals surface area contributed by atoms with Crippen LogP contribution in [0.3, 0.4) is 0 Å². The summed E-state index contributed by atoms with van der Waals surface area (Å²) in [5.41, 5.74) is 0.301. The first kappa shape index (κ1) is 17.5. The lowest BCUT2D eigenvalue weighted by Gasteiger charge is -2.45. The van der Waals surface area contributed by atoms with E-state index in [-0.39, 0.29) is 17.7 Å². The van der Waals surface area contributed by atoms with E-state index < -0.39 is 17.5 Å². The average Bonchev–Trinajstić information content (AvgIpc) is 2.74. The Bertz CT molecular complexity index is 711. The van der Waals surface area contributed by atoms with Gasteiger partial charge in [-0.2, -0.15) is 0 Å². The number of carboxylic acids is 2. The molecule has 2 fully saturated rings. The molecular weight excluding hydrogens is 322 g/mol. The maximum atomic E-state index is 11.8. The number of carboxylic acid groups (broad SMARTS) is 2. The molecule has 0 amide bonds. The number of likely N-dealkylation sites (N-methyl/N-ethyl adjacent to an activating group) is 1. The van der Waals surface area contributed by atoms with Crippen molar-refractivity contribution in [2.24, 2.45) is 0 Å². The zero-order valence-corrected chi connectivity index (χ0v) is 14.4. The zero-order chi connectivity index (χ0) is 18.2. The molecule has 6 heteroatoms. The average molecular weight is 345 g/mol. The van der Waals surface area contributed by atoms with Crippen LogP contribution < -0.4 is 4.74 Å². The zero-order valence-electron chi connectivity index (χ0n) is 14.4. The monoisotopic (exact) mass is 345 g/mol. The van der Waals surface area contributed by atoms with E-state index in [1.54, 1.807) is 0 Å². The summed E-state index contributed by atoms with van der Waals surface area (Å²) >= 11 is 0. The van der Waals surface area contributed by atoms with Crippen LogP contribution in [-0.4, -0.2) is 51.8 Å². The summed E-state index contributed by atoms with van der Waals surface area (Å²) in [5, 5.41) is 18.7. The number of hydrogen-bond donors (Lipinski definition) is 2. The van der Waals surface area contributed by atoms with Crippen molar-refractivity contribution >= 4 is 11.9 Å². The first-order valence-corrected chi connectivity index (χ1v) is 8.46. The number of nitrogens with zero attached hydrogens (tertiary/aromatic N) is 1. The van der Waals surface area contributed by atoms with E-state index in [1.807, 2.05) is 43.1 Å². The summed E-state index contributed by atoms with van der Waals surface area (Å²) in [6.07, 6.45) is 3.46. The summed E-state index contributed by atoms with van der Waals surface area (Å²) in [4.78, 5) is 24.9. The Morgan fingerprint density at radius 1 is 1.28 bits per heavy atom. The van der Waals surface area contributed by atoms with Crippen molar-refractivity contribution in [2.45, 2.75) is 50.3 Å². The quantitative estimate of drug-likeness (QED) is 0.797. The number of hydrogen-bond acceptors (Lipinski definition) is 4. The standard InChI is InChI=1S/C19H23NO5/c1-12-3-5-14(6-4-12)25-15-9-13-7-8-19(11-15,20(13)2)16(18(23)24)10-17(21)22/h3-6,10,13,15H,7-9,11H2,1-2H3,(H,21,22)(H,23,24)/b16-10-. The van der Waals surface area contributed by atoms with Crippen molar-refractivity contribution in [1.29, 1.82) is 0 Å². The Labute approximate surface area is 146 Å². The van der Waals surface area contributed by atoms with Crippen molar-refractivity contribution in [1.82, 2.24) is 4.90 Å². The Kier molecular flexibility index (Phi) is 4.56. The molecular formula is C19H23NO5. The van der Waals surface area contributed by atoms with Crippen LogP contribution in [0.25, 0.3) is 0 Å². The molecule has 1 aromatic carbocycles. The van der Waals surface area contributed by atoms with Crippen LogP contribution in [0.15, 0.2) is 35.9 Å². The van der Waals surface area contributed by atoms with Crippen molar-refractivity contribution < 1.29 is 24.5 Å². The minimum Gasteiger partial charge on any atom is -0.490 e. The number of piperidine rings is 1. The van der Waals surface area contributed by atoms with Crippen LogP contribution in [0.2, 0.25) is 0 Å². The largest absolute Gasteiger partial charge is 0.490 e. The second kappa shape index (κ2) is 6.52. The fraction of sp³-hybridized carbons (Fsp3) is 0.474. The maximum absolute atomic E-state index is 11.8. The molecule has 1 aromatic rings. The normalized spacial score (nSPS) is 29.4. The number of ether oxygens (including phenoxy) is 1. The number of rotatable bonds is 5. The molecule has 3 atom stereocenters. The summed E-state index contributed by atoms with van der Waals surface area (Å²) < 4.78 is 6.11. The van der Waals surface area contributed by atoms with Gasteiger partial charge in [0.15, 0.2) is 0 Å². The number of aliphatic carboxylic acids is 2. The molecule has 2 saturated heterocycles. The second-order valence-corrected chi connectivity index (χ2v) is 7.03. The highest BCUT2D eigenvalue weighted by Crippen LogP contribution is 2.48. The van der Waals surface area contributed by atoms with Gasteiger partial charge in [-0.1, -0.05) is 17.7 Å². The summed E-state index contributed by atoms with van der Waals surface area (Å²) in [7, 11) is 1.89. The van der Waals surface area contributed by atoms with E-state index in [0.29, 0.717) is 12.8 Å². The van der Waals surface area contributed by atoms with Gasteiger partial charge in [0.05, 0.1) is 11.1 Å². The molecule has 3 unspecified atom stereocenters. The molecule has 0 aliphatic carbocycles. The minimum atomic E-state index is -1.23. The van der Waals surface area contributed by atoms with Gasteiger partial charge in [0.25, 0.3) is 0 Å². The first-order valence-electron chi connectivity index (χ1n) is 8.46. The second-order valence-electron chi connectivity index (χ2n) is 7.03. The van der Waals surface area contributed by atoms with Gasteiger partial charge in [-0.3, -0.25) is 4.90 Å². The smallest absolute Gasteiger partial charge is 0.333 e. The van der Waals surface area contributed by atoms with E-state index in [1.165, 1.54) is 0 Å². The Hall–Kier alpha value is -2.34. The molecule has 25 heavy (non-hydrogen) atoms. The number of aryl methyl sites for hydroxylation is 1. The van der Waals surface area contributed by atoms with Gasteiger partial charge in [-0.15, -0.1) is 0 Å². The molecule has 2 heterocycles. The predicted molar refractivity (Wildman–Crippen MR) is 91.7 cm³/mol. The van der Waals surface area contributed by atoms with Gasteiger partial charge < -0.3 is 14.9 Å². The van der Waals surface area contributed by atoms with Crippen molar-refractivity contribution in [3.05, 3.63) is 41.5 Å². The fourth-order valence-corrected chi connectivity index (χ4v) is 4.26. The Balaban J connectivity index is 1.89. The third-order valence-corrected chi connectivity index (χ3v) is 5.54. The van der Waals surface area contributed by atoms with E-state index in [9.17, 15) is 14.7 Å². The maximum Gasteiger partial charge on any atom is 0.333 e. The van der Waals surface area contributed by atoms with E-state index in [4.69, 9.17) is 9.84 Å². The highest BCUT2D eigenvalue weighted by molar-refractivity contribution is 5.96. The Morgan fingerprint density at radius 2 is 1.96 bits per heavy atom. The third-order valence-electron chi connectivity index (χ3n) is 5.54. The van der Waals surface area contributed by atoms with Gasteiger partial charge in [0.2, 0.25) is 0 Å². The van der Waals surface area contributed by atoms with Crippen LogP contribution in [0, 0.1) is 6.92 Å². The minimum absolute atomic E-state index is 0.0535. The van der Waals surface area contributed by atoms with E-state index in [0.717, 1.165) is 30.2 Å². The van der Waals surface area contributed by atoms with Crippen molar-refractivity contribution in [3.8, 4) is 5.75 Å². The molecule has 2 N–H and O–H groups in total. The number of benzene rings is 1. The molecule has 6 nitrogen and oxygen atoms in total. The number of carbonyl (C=O) groups is 2. The lowest BCUT2D eigenvalue weighted by atomic mass is 9.80. The first-order chi connectivity index (χ1) is 11.8. The van der Waals surface area contributed by atoms with Crippen LogP contribution in [-0.2, 0) is 9.59 Å². The van der Waals surface area contributed by atoms with E-state index in [2.05, 4.69) is 0 Å². The third kappa shape index (κ3) is 3.26. The number of fused-ring (bicyclic) bond motifs is 2. The summed E-state index contributed by atoms with van der Waals surface area (Å²) in [6.45, 7) is 2.00. The molecule has 0 radical (unpaired) electrons. The molecule has 134 valence electrons. The van der Waals surface area contributed by atoms with Gasteiger partial charge >= 0.3 is 11.9 Å². The van der Waals surface area contributed by atoms with Crippen LogP contribution in [0.5, 0.6) is 5.75 Å². The van der Waals surface area contributed by atoms with Gasteiger partial charge in [-0.05, 0) is 45.4 Å². The highest BCUT2D eigenvalue weighted by Gasteiger charge is 2.54. The molecule has 2 bridgehead atoms. The molecule has 0 aromatic heterocycles. The molecule has 0 spiro atoms. The molecule has 2 aliphatic heterocycles. The lowest BCUT2D eigenvalue weighted by molar-refractivity contribution is -0.137. The van der Waals surface area contributed by atoms with Crippen LogP contribution >= 0.6 is 0 Å².